The van der Waals surface area contributed by atoms with Crippen molar-refractivity contribution in [2.75, 3.05) is 26.7 Å². The molecule has 2 heterocycles. The van der Waals surface area contributed by atoms with Crippen LogP contribution in [-0.2, 0) is 9.53 Å². The van der Waals surface area contributed by atoms with E-state index >= 15 is 0 Å². The number of ether oxygens (including phenoxy) is 1. The quantitative estimate of drug-likeness (QED) is 0.381. The number of amides is 1. The van der Waals surface area contributed by atoms with Crippen LogP contribution in [0.4, 0.5) is 0 Å². The summed E-state index contributed by atoms with van der Waals surface area (Å²) in [6.45, 7) is 8.74. The Bertz CT molecular complexity index is 489. The van der Waals surface area contributed by atoms with Crippen LogP contribution in [0, 0.1) is 11.3 Å². The van der Waals surface area contributed by atoms with Crippen LogP contribution in [0.25, 0.3) is 0 Å². The Kier molecular flexibility index (Phi) is 6.39. The highest BCUT2D eigenvalue weighted by atomic mass is 127. The molecule has 3 rings (SSSR count). The van der Waals surface area contributed by atoms with Gasteiger partial charge in [0.2, 0.25) is 5.91 Å². The van der Waals surface area contributed by atoms with Crippen molar-refractivity contribution in [3.05, 3.63) is 0 Å². The summed E-state index contributed by atoms with van der Waals surface area (Å²) < 4.78 is 5.86. The maximum absolute atomic E-state index is 11.4. The summed E-state index contributed by atoms with van der Waals surface area (Å²) in [5.41, 5.74) is 0.150. The van der Waals surface area contributed by atoms with E-state index in [4.69, 9.17) is 4.74 Å². The minimum Gasteiger partial charge on any atom is -0.377 e. The van der Waals surface area contributed by atoms with E-state index < -0.39 is 0 Å². The van der Waals surface area contributed by atoms with E-state index in [-0.39, 0.29) is 35.3 Å². The van der Waals surface area contributed by atoms with Gasteiger partial charge >= 0.3 is 0 Å². The number of likely N-dealkylation sites (tertiary alicyclic amines) is 1. The number of carbonyl (C=O) groups is 1. The van der Waals surface area contributed by atoms with E-state index in [1.807, 2.05) is 11.9 Å². The molecule has 0 bridgehead atoms. The standard InChI is InChI=1S/C17H30N4O2.HI/c1-11(22)21-8-5-12(6-9-21)19-16(18-4)20-14-13-7-10-23-15(13)17(14,2)3;/h12-15H,5-10H2,1-4H3,(H2,18,19,20);1H. The molecular formula is C17H31IN4O2. The molecule has 2 aliphatic heterocycles. The largest absolute Gasteiger partial charge is 0.377 e. The Morgan fingerprint density at radius 3 is 2.46 bits per heavy atom. The minimum atomic E-state index is 0. The van der Waals surface area contributed by atoms with Gasteiger partial charge < -0.3 is 20.3 Å². The van der Waals surface area contributed by atoms with Crippen molar-refractivity contribution in [1.82, 2.24) is 15.5 Å². The number of hydrogen-bond acceptors (Lipinski definition) is 3. The molecule has 1 amide bonds. The summed E-state index contributed by atoms with van der Waals surface area (Å²) in [7, 11) is 1.83. The maximum atomic E-state index is 11.4. The van der Waals surface area contributed by atoms with Gasteiger partial charge in [0.05, 0.1) is 6.10 Å². The van der Waals surface area contributed by atoms with Crippen molar-refractivity contribution in [2.45, 2.75) is 58.2 Å². The van der Waals surface area contributed by atoms with Gasteiger partial charge in [0.25, 0.3) is 0 Å². The van der Waals surface area contributed by atoms with Gasteiger partial charge in [-0.1, -0.05) is 13.8 Å². The van der Waals surface area contributed by atoms with Gasteiger partial charge in [-0.3, -0.25) is 9.79 Å². The van der Waals surface area contributed by atoms with Crippen LogP contribution in [0.3, 0.4) is 0 Å². The van der Waals surface area contributed by atoms with E-state index in [2.05, 4.69) is 29.5 Å². The van der Waals surface area contributed by atoms with Crippen LogP contribution in [0.15, 0.2) is 4.99 Å². The monoisotopic (exact) mass is 450 g/mol. The Morgan fingerprint density at radius 1 is 1.21 bits per heavy atom. The van der Waals surface area contributed by atoms with Crippen molar-refractivity contribution in [2.24, 2.45) is 16.3 Å². The molecular weight excluding hydrogens is 419 g/mol. The summed E-state index contributed by atoms with van der Waals surface area (Å²) in [5, 5.41) is 7.17. The Labute approximate surface area is 162 Å². The van der Waals surface area contributed by atoms with Gasteiger partial charge in [0.1, 0.15) is 0 Å². The van der Waals surface area contributed by atoms with Gasteiger partial charge in [-0.25, -0.2) is 0 Å². The number of hydrogen-bond donors (Lipinski definition) is 2. The van der Waals surface area contributed by atoms with Crippen molar-refractivity contribution in [1.29, 1.82) is 0 Å². The lowest BCUT2D eigenvalue weighted by molar-refractivity contribution is -0.129. The summed E-state index contributed by atoms with van der Waals surface area (Å²) >= 11 is 0. The highest BCUT2D eigenvalue weighted by molar-refractivity contribution is 14.0. The molecule has 1 saturated carbocycles. The molecule has 0 aromatic carbocycles. The van der Waals surface area contributed by atoms with Crippen molar-refractivity contribution in [3.63, 3.8) is 0 Å². The van der Waals surface area contributed by atoms with Crippen LogP contribution in [0.1, 0.15) is 40.0 Å². The average molecular weight is 450 g/mol. The van der Waals surface area contributed by atoms with Crippen molar-refractivity contribution < 1.29 is 9.53 Å². The van der Waals surface area contributed by atoms with Crippen LogP contribution in [0.5, 0.6) is 0 Å². The number of nitrogens with one attached hydrogen (secondary N) is 2. The molecule has 2 N–H and O–H groups in total. The second-order valence-corrected chi connectivity index (χ2v) is 7.68. The topological polar surface area (TPSA) is 66.0 Å². The number of carbonyl (C=O) groups excluding carboxylic acids is 1. The lowest BCUT2D eigenvalue weighted by atomic mass is 9.57. The first-order chi connectivity index (χ1) is 10.9. The molecule has 2 saturated heterocycles. The molecule has 0 aromatic heterocycles. The first kappa shape index (κ1) is 19.8. The van der Waals surface area contributed by atoms with E-state index in [0.29, 0.717) is 24.1 Å². The number of piperidine rings is 1. The lowest BCUT2D eigenvalue weighted by Crippen LogP contribution is -2.68. The molecule has 3 fully saturated rings. The van der Waals surface area contributed by atoms with Crippen LogP contribution in [0.2, 0.25) is 0 Å². The Balaban J connectivity index is 0.00000208. The molecule has 3 unspecified atom stereocenters. The summed E-state index contributed by atoms with van der Waals surface area (Å²) in [5.74, 6) is 1.66. The Morgan fingerprint density at radius 2 is 1.88 bits per heavy atom. The third-order valence-corrected chi connectivity index (χ3v) is 5.90. The van der Waals surface area contributed by atoms with E-state index in [9.17, 15) is 4.79 Å². The van der Waals surface area contributed by atoms with Crippen LogP contribution >= 0.6 is 24.0 Å². The predicted octanol–water partition coefficient (Wildman–Crippen LogP) is 1.59. The van der Waals surface area contributed by atoms with E-state index in [1.165, 1.54) is 0 Å². The molecule has 1 aliphatic carbocycles. The SMILES string of the molecule is CN=C(NC1CCN(C(C)=O)CC1)NC1C2CCOC2C1(C)C.I. The van der Waals surface area contributed by atoms with Crippen LogP contribution in [-0.4, -0.2) is 61.7 Å². The van der Waals surface area contributed by atoms with Gasteiger partial charge in [0.15, 0.2) is 5.96 Å². The van der Waals surface area contributed by atoms with E-state index in [0.717, 1.165) is 44.9 Å². The smallest absolute Gasteiger partial charge is 0.219 e. The highest BCUT2D eigenvalue weighted by Gasteiger charge is 2.59. The number of rotatable bonds is 2. The normalized spacial score (nSPS) is 32.4. The fourth-order valence-corrected chi connectivity index (χ4v) is 4.47. The van der Waals surface area contributed by atoms with Gasteiger partial charge in [-0.2, -0.15) is 0 Å². The average Bonchev–Trinajstić information content (AvgIpc) is 2.98. The second-order valence-electron chi connectivity index (χ2n) is 7.68. The van der Waals surface area contributed by atoms with Crippen molar-refractivity contribution >= 4 is 35.8 Å². The number of halogens is 1. The number of fused-ring (bicyclic) bond motifs is 1. The van der Waals surface area contributed by atoms with Crippen molar-refractivity contribution in [3.8, 4) is 0 Å². The zero-order valence-corrected chi connectivity index (χ0v) is 17.5. The van der Waals surface area contributed by atoms with Gasteiger partial charge in [0, 0.05) is 57.1 Å². The number of nitrogens with zero attached hydrogens (tertiary/aromatic N) is 2. The minimum absolute atomic E-state index is 0. The number of guanidine groups is 1. The number of aliphatic imine (C=N–C) groups is 1. The molecule has 3 atom stereocenters. The van der Waals surface area contributed by atoms with Crippen LogP contribution < -0.4 is 10.6 Å². The molecule has 0 aromatic rings. The fraction of sp³-hybridized carbons (Fsp3) is 0.882. The summed E-state index contributed by atoms with van der Waals surface area (Å²) in [6, 6.07) is 0.800. The third kappa shape index (κ3) is 3.66. The molecule has 6 nitrogen and oxygen atoms in total. The zero-order valence-electron chi connectivity index (χ0n) is 15.2. The molecule has 3 aliphatic rings. The summed E-state index contributed by atoms with van der Waals surface area (Å²) in [4.78, 5) is 17.7. The molecule has 0 radical (unpaired) electrons. The first-order valence-corrected chi connectivity index (χ1v) is 8.80. The summed E-state index contributed by atoms with van der Waals surface area (Å²) in [6.07, 6.45) is 3.48. The predicted molar refractivity (Wildman–Crippen MR) is 106 cm³/mol. The second kappa shape index (κ2) is 7.76. The third-order valence-electron chi connectivity index (χ3n) is 5.90. The molecule has 24 heavy (non-hydrogen) atoms. The fourth-order valence-electron chi connectivity index (χ4n) is 4.47. The molecule has 7 heteroatoms. The maximum Gasteiger partial charge on any atom is 0.219 e. The molecule has 138 valence electrons. The highest BCUT2D eigenvalue weighted by Crippen LogP contribution is 2.52. The zero-order chi connectivity index (χ0) is 16.6. The first-order valence-electron chi connectivity index (χ1n) is 8.80. The van der Waals surface area contributed by atoms with E-state index in [1.54, 1.807) is 6.92 Å². The molecule has 0 spiro atoms. The van der Waals surface area contributed by atoms with Gasteiger partial charge in [-0.15, -0.1) is 24.0 Å². The lowest BCUT2D eigenvalue weighted by Gasteiger charge is -2.55. The Hall–Kier alpha value is -0.570. The van der Waals surface area contributed by atoms with Gasteiger partial charge in [-0.05, 0) is 19.3 Å².